The van der Waals surface area contributed by atoms with Crippen molar-refractivity contribution in [2.45, 2.75) is 46.1 Å². The number of hydrogen-bond acceptors (Lipinski definition) is 3. The molecule has 132 valence electrons. The molecule has 1 fully saturated rings. The van der Waals surface area contributed by atoms with E-state index >= 15 is 0 Å². The van der Waals surface area contributed by atoms with Crippen LogP contribution >= 0.6 is 0 Å². The van der Waals surface area contributed by atoms with Crippen LogP contribution in [-0.4, -0.2) is 53.9 Å². The predicted molar refractivity (Wildman–Crippen MR) is 94.2 cm³/mol. The van der Waals surface area contributed by atoms with Crippen molar-refractivity contribution in [2.75, 3.05) is 26.2 Å². The van der Waals surface area contributed by atoms with Gasteiger partial charge in [0, 0.05) is 38.2 Å². The second-order valence-electron chi connectivity index (χ2n) is 6.47. The molecule has 1 aromatic carbocycles. The van der Waals surface area contributed by atoms with Crippen LogP contribution in [0, 0.1) is 0 Å². The normalized spacial score (nSPS) is 15.3. The largest absolute Gasteiger partial charge is 0.491 e. The van der Waals surface area contributed by atoms with E-state index in [1.807, 2.05) is 54.8 Å². The molecule has 24 heavy (non-hydrogen) atoms. The summed E-state index contributed by atoms with van der Waals surface area (Å²) in [6, 6.07) is 7.29. The van der Waals surface area contributed by atoms with Crippen LogP contribution in [0.2, 0.25) is 0 Å². The van der Waals surface area contributed by atoms with Gasteiger partial charge >= 0.3 is 0 Å². The van der Waals surface area contributed by atoms with E-state index in [4.69, 9.17) is 4.74 Å². The molecule has 0 N–H and O–H groups in total. The van der Waals surface area contributed by atoms with Crippen LogP contribution in [0.5, 0.6) is 5.75 Å². The number of carbonyl (C=O) groups is 2. The summed E-state index contributed by atoms with van der Waals surface area (Å²) in [5.41, 5.74) is 0.666. The predicted octanol–water partition coefficient (Wildman–Crippen LogP) is 2.95. The van der Waals surface area contributed by atoms with Crippen LogP contribution < -0.4 is 4.74 Å². The van der Waals surface area contributed by atoms with Crippen molar-refractivity contribution in [1.29, 1.82) is 0 Å². The van der Waals surface area contributed by atoms with Crippen molar-refractivity contribution >= 4 is 11.8 Å². The summed E-state index contributed by atoms with van der Waals surface area (Å²) in [4.78, 5) is 28.4. The van der Waals surface area contributed by atoms with E-state index in [-0.39, 0.29) is 17.9 Å². The Morgan fingerprint density at radius 2 is 1.67 bits per heavy atom. The quantitative estimate of drug-likeness (QED) is 0.833. The third-order valence-electron chi connectivity index (χ3n) is 4.07. The first kappa shape index (κ1) is 18.3. The van der Waals surface area contributed by atoms with E-state index in [2.05, 4.69) is 0 Å². The molecule has 0 atom stereocenters. The first-order chi connectivity index (χ1) is 11.5. The monoisotopic (exact) mass is 332 g/mol. The van der Waals surface area contributed by atoms with Gasteiger partial charge in [-0.15, -0.1) is 0 Å². The Kier molecular flexibility index (Phi) is 6.64. The third-order valence-corrected chi connectivity index (χ3v) is 4.07. The summed E-state index contributed by atoms with van der Waals surface area (Å²) in [5, 5.41) is 0. The molecule has 1 aliphatic heterocycles. The maximum atomic E-state index is 12.7. The molecule has 0 radical (unpaired) electrons. The molecular weight excluding hydrogens is 304 g/mol. The summed E-state index contributed by atoms with van der Waals surface area (Å²) in [6.07, 6.45) is 2.40. The summed E-state index contributed by atoms with van der Waals surface area (Å²) in [6.45, 7) is 8.61. The molecule has 0 spiro atoms. The lowest BCUT2D eigenvalue weighted by atomic mass is 10.2. The number of carbonyl (C=O) groups excluding carboxylic acids is 2. The van der Waals surface area contributed by atoms with Gasteiger partial charge in [-0.05, 0) is 51.0 Å². The van der Waals surface area contributed by atoms with Gasteiger partial charge in [-0.2, -0.15) is 0 Å². The van der Waals surface area contributed by atoms with Crippen LogP contribution in [0.15, 0.2) is 24.3 Å². The number of benzene rings is 1. The Bertz CT molecular complexity index is 554. The van der Waals surface area contributed by atoms with E-state index in [0.29, 0.717) is 31.6 Å². The van der Waals surface area contributed by atoms with Gasteiger partial charge in [-0.1, -0.05) is 6.92 Å². The van der Waals surface area contributed by atoms with Gasteiger partial charge in [0.15, 0.2) is 0 Å². The van der Waals surface area contributed by atoms with Gasteiger partial charge in [0.2, 0.25) is 5.91 Å². The standard InChI is InChI=1S/C19H28N2O3/c1-4-6-18(22)20-11-5-12-21(14-13-20)19(23)16-7-9-17(10-8-16)24-15(2)3/h7-10,15H,4-6,11-14H2,1-3H3. The molecule has 5 nitrogen and oxygen atoms in total. The minimum atomic E-state index is 0.0240. The van der Waals surface area contributed by atoms with Crippen molar-refractivity contribution in [3.8, 4) is 5.75 Å². The first-order valence-electron chi connectivity index (χ1n) is 8.85. The fourth-order valence-electron chi connectivity index (χ4n) is 2.87. The molecule has 2 amide bonds. The van der Waals surface area contributed by atoms with Crippen molar-refractivity contribution < 1.29 is 14.3 Å². The lowest BCUT2D eigenvalue weighted by Gasteiger charge is -2.22. The second kappa shape index (κ2) is 8.71. The zero-order chi connectivity index (χ0) is 17.5. The van der Waals surface area contributed by atoms with Gasteiger partial charge < -0.3 is 14.5 Å². The van der Waals surface area contributed by atoms with Gasteiger partial charge in [0.05, 0.1) is 6.10 Å². The molecule has 1 aliphatic rings. The summed E-state index contributed by atoms with van der Waals surface area (Å²) in [7, 11) is 0. The maximum absolute atomic E-state index is 12.7. The zero-order valence-electron chi connectivity index (χ0n) is 15.0. The average molecular weight is 332 g/mol. The Labute approximate surface area is 144 Å². The Balaban J connectivity index is 1.96. The van der Waals surface area contributed by atoms with Crippen LogP contribution in [0.1, 0.15) is 50.4 Å². The minimum Gasteiger partial charge on any atom is -0.491 e. The van der Waals surface area contributed by atoms with Gasteiger partial charge in [-0.3, -0.25) is 9.59 Å². The first-order valence-corrected chi connectivity index (χ1v) is 8.85. The number of hydrogen-bond donors (Lipinski definition) is 0. The summed E-state index contributed by atoms with van der Waals surface area (Å²) < 4.78 is 5.61. The Morgan fingerprint density at radius 1 is 1.04 bits per heavy atom. The highest BCUT2D eigenvalue weighted by atomic mass is 16.5. The Hall–Kier alpha value is -2.04. The topological polar surface area (TPSA) is 49.9 Å². The molecule has 1 heterocycles. The number of rotatable bonds is 5. The van der Waals surface area contributed by atoms with Crippen molar-refractivity contribution in [1.82, 2.24) is 9.80 Å². The van der Waals surface area contributed by atoms with Crippen molar-refractivity contribution in [3.63, 3.8) is 0 Å². The van der Waals surface area contributed by atoms with Crippen LogP contribution in [0.3, 0.4) is 0 Å². The molecule has 0 aliphatic carbocycles. The molecule has 0 aromatic heterocycles. The number of amides is 2. The summed E-state index contributed by atoms with van der Waals surface area (Å²) >= 11 is 0. The van der Waals surface area contributed by atoms with E-state index < -0.39 is 0 Å². The Morgan fingerprint density at radius 3 is 2.29 bits per heavy atom. The van der Waals surface area contributed by atoms with Crippen molar-refractivity contribution in [2.24, 2.45) is 0 Å². The highest BCUT2D eigenvalue weighted by molar-refractivity contribution is 5.94. The number of ether oxygens (including phenoxy) is 1. The molecule has 1 saturated heterocycles. The fraction of sp³-hybridized carbons (Fsp3) is 0.579. The molecule has 0 bridgehead atoms. The molecule has 1 aromatic rings. The average Bonchev–Trinajstić information content (AvgIpc) is 2.81. The molecule has 2 rings (SSSR count). The second-order valence-corrected chi connectivity index (χ2v) is 6.47. The van der Waals surface area contributed by atoms with Crippen LogP contribution in [-0.2, 0) is 4.79 Å². The van der Waals surface area contributed by atoms with Gasteiger partial charge in [0.25, 0.3) is 5.91 Å². The fourth-order valence-corrected chi connectivity index (χ4v) is 2.87. The van der Waals surface area contributed by atoms with Crippen LogP contribution in [0.4, 0.5) is 0 Å². The highest BCUT2D eigenvalue weighted by Crippen LogP contribution is 2.16. The van der Waals surface area contributed by atoms with E-state index in [1.165, 1.54) is 0 Å². The van der Waals surface area contributed by atoms with Crippen molar-refractivity contribution in [3.05, 3.63) is 29.8 Å². The third kappa shape index (κ3) is 4.98. The number of nitrogens with zero attached hydrogens (tertiary/aromatic N) is 2. The zero-order valence-corrected chi connectivity index (χ0v) is 15.0. The smallest absolute Gasteiger partial charge is 0.253 e. The maximum Gasteiger partial charge on any atom is 0.253 e. The van der Waals surface area contributed by atoms with E-state index in [0.717, 1.165) is 25.1 Å². The van der Waals surface area contributed by atoms with Gasteiger partial charge in [0.1, 0.15) is 5.75 Å². The molecule has 0 saturated carbocycles. The molecule has 0 unspecified atom stereocenters. The van der Waals surface area contributed by atoms with Crippen LogP contribution in [0.25, 0.3) is 0 Å². The molecule has 5 heteroatoms. The van der Waals surface area contributed by atoms with Gasteiger partial charge in [-0.25, -0.2) is 0 Å². The van der Waals surface area contributed by atoms with E-state index in [1.54, 1.807) is 0 Å². The summed E-state index contributed by atoms with van der Waals surface area (Å²) in [5.74, 6) is 0.992. The lowest BCUT2D eigenvalue weighted by molar-refractivity contribution is -0.131. The highest BCUT2D eigenvalue weighted by Gasteiger charge is 2.22. The molecular formula is C19H28N2O3. The lowest BCUT2D eigenvalue weighted by Crippen LogP contribution is -2.37. The van der Waals surface area contributed by atoms with E-state index in [9.17, 15) is 9.59 Å². The SMILES string of the molecule is CCCC(=O)N1CCCN(C(=O)c2ccc(OC(C)C)cc2)CC1. The minimum absolute atomic E-state index is 0.0240.